The van der Waals surface area contributed by atoms with E-state index in [1.165, 1.54) is 27.8 Å². The van der Waals surface area contributed by atoms with E-state index < -0.39 is 0 Å². The predicted molar refractivity (Wildman–Crippen MR) is 101 cm³/mol. The quantitative estimate of drug-likeness (QED) is 0.509. The first-order chi connectivity index (χ1) is 11.8. The van der Waals surface area contributed by atoms with Gasteiger partial charge in [0, 0.05) is 0 Å². The van der Waals surface area contributed by atoms with Crippen molar-refractivity contribution in [2.75, 3.05) is 0 Å². The highest BCUT2D eigenvalue weighted by Gasteiger charge is 2.03. The molecule has 0 bridgehead atoms. The van der Waals surface area contributed by atoms with Crippen molar-refractivity contribution in [3.05, 3.63) is 102 Å². The van der Waals surface area contributed by atoms with Crippen LogP contribution >= 0.6 is 0 Å². The van der Waals surface area contributed by atoms with Gasteiger partial charge in [0.05, 0.1) is 0 Å². The summed E-state index contributed by atoms with van der Waals surface area (Å²) in [5, 5.41) is 0. The summed E-state index contributed by atoms with van der Waals surface area (Å²) in [6, 6.07) is 25.3. The molecule has 0 N–H and O–H groups in total. The lowest BCUT2D eigenvalue weighted by Crippen LogP contribution is -1.98. The van der Waals surface area contributed by atoms with Gasteiger partial charge in [-0.05, 0) is 41.7 Å². The molecule has 0 aromatic heterocycles. The maximum absolute atomic E-state index is 5.99. The van der Waals surface area contributed by atoms with Crippen molar-refractivity contribution in [2.45, 2.75) is 20.0 Å². The summed E-state index contributed by atoms with van der Waals surface area (Å²) in [6.07, 6.45) is 2.72. The largest absolute Gasteiger partial charge is 0.489 e. The van der Waals surface area contributed by atoms with Crippen LogP contribution in [0.3, 0.4) is 0 Å². The Morgan fingerprint density at radius 1 is 0.833 bits per heavy atom. The molecule has 0 spiro atoms. The minimum atomic E-state index is 0.572. The van der Waals surface area contributed by atoms with Crippen LogP contribution < -0.4 is 4.74 Å². The Balaban J connectivity index is 1.69. The van der Waals surface area contributed by atoms with E-state index in [1.807, 2.05) is 24.3 Å². The SMILES string of the molecule is C=CCc1ccccc1OCc1ccc(-c2ccc(C)cc2)cc1. The Hall–Kier alpha value is -2.80. The summed E-state index contributed by atoms with van der Waals surface area (Å²) < 4.78 is 5.99. The van der Waals surface area contributed by atoms with Crippen molar-refractivity contribution in [2.24, 2.45) is 0 Å². The summed E-state index contributed by atoms with van der Waals surface area (Å²) >= 11 is 0. The zero-order valence-corrected chi connectivity index (χ0v) is 14.0. The summed E-state index contributed by atoms with van der Waals surface area (Å²) in [6.45, 7) is 6.48. The molecule has 1 nitrogen and oxygen atoms in total. The molecule has 0 heterocycles. The maximum atomic E-state index is 5.99. The molecule has 0 aliphatic heterocycles. The second-order valence-corrected chi connectivity index (χ2v) is 5.95. The topological polar surface area (TPSA) is 9.23 Å². The summed E-state index contributed by atoms with van der Waals surface area (Å²) in [7, 11) is 0. The number of aryl methyl sites for hydroxylation is 1. The second-order valence-electron chi connectivity index (χ2n) is 5.95. The molecule has 0 fully saturated rings. The van der Waals surface area contributed by atoms with Gasteiger partial charge in [0.25, 0.3) is 0 Å². The van der Waals surface area contributed by atoms with Crippen LogP contribution in [-0.2, 0) is 13.0 Å². The van der Waals surface area contributed by atoms with Gasteiger partial charge in [0.1, 0.15) is 12.4 Å². The van der Waals surface area contributed by atoms with Gasteiger partial charge in [0.2, 0.25) is 0 Å². The lowest BCUT2D eigenvalue weighted by atomic mass is 10.0. The van der Waals surface area contributed by atoms with Gasteiger partial charge in [-0.15, -0.1) is 6.58 Å². The normalized spacial score (nSPS) is 10.4. The zero-order valence-electron chi connectivity index (χ0n) is 14.0. The highest BCUT2D eigenvalue weighted by atomic mass is 16.5. The maximum Gasteiger partial charge on any atom is 0.123 e. The summed E-state index contributed by atoms with van der Waals surface area (Å²) in [4.78, 5) is 0. The molecule has 3 aromatic carbocycles. The third kappa shape index (κ3) is 3.94. The summed E-state index contributed by atoms with van der Waals surface area (Å²) in [5.74, 6) is 0.931. The molecule has 0 atom stereocenters. The smallest absolute Gasteiger partial charge is 0.123 e. The van der Waals surface area contributed by atoms with Crippen LogP contribution in [0.25, 0.3) is 11.1 Å². The van der Waals surface area contributed by atoms with Crippen LogP contribution in [0.15, 0.2) is 85.5 Å². The number of hydrogen-bond donors (Lipinski definition) is 0. The molecule has 0 aliphatic carbocycles. The molecule has 24 heavy (non-hydrogen) atoms. The van der Waals surface area contributed by atoms with Gasteiger partial charge < -0.3 is 4.74 Å². The first-order valence-electron chi connectivity index (χ1n) is 8.24. The minimum absolute atomic E-state index is 0.572. The molecular weight excluding hydrogens is 292 g/mol. The Bertz CT molecular complexity index is 798. The fraction of sp³-hybridized carbons (Fsp3) is 0.130. The molecule has 0 amide bonds. The molecule has 0 radical (unpaired) electrons. The van der Waals surface area contributed by atoms with E-state index >= 15 is 0 Å². The molecule has 3 rings (SSSR count). The third-order valence-electron chi connectivity index (χ3n) is 4.07. The van der Waals surface area contributed by atoms with Crippen LogP contribution in [0, 0.1) is 6.92 Å². The van der Waals surface area contributed by atoms with E-state index in [0.717, 1.165) is 12.2 Å². The summed E-state index contributed by atoms with van der Waals surface area (Å²) in [5.41, 5.74) is 6.08. The van der Waals surface area contributed by atoms with Gasteiger partial charge in [-0.3, -0.25) is 0 Å². The fourth-order valence-electron chi connectivity index (χ4n) is 2.67. The molecule has 0 saturated heterocycles. The first kappa shape index (κ1) is 16.1. The number of allylic oxidation sites excluding steroid dienone is 1. The van der Waals surface area contributed by atoms with Gasteiger partial charge >= 0.3 is 0 Å². The van der Waals surface area contributed by atoms with Gasteiger partial charge in [-0.1, -0.05) is 78.4 Å². The van der Waals surface area contributed by atoms with Crippen molar-refractivity contribution >= 4 is 0 Å². The van der Waals surface area contributed by atoms with Crippen molar-refractivity contribution in [3.8, 4) is 16.9 Å². The van der Waals surface area contributed by atoms with Gasteiger partial charge in [0.15, 0.2) is 0 Å². The van der Waals surface area contributed by atoms with E-state index in [4.69, 9.17) is 4.74 Å². The molecule has 3 aromatic rings. The highest BCUT2D eigenvalue weighted by molar-refractivity contribution is 5.63. The molecular formula is C23H22O. The molecule has 0 saturated carbocycles. The monoisotopic (exact) mass is 314 g/mol. The molecule has 0 aliphatic rings. The zero-order chi connectivity index (χ0) is 16.8. The first-order valence-corrected chi connectivity index (χ1v) is 8.24. The van der Waals surface area contributed by atoms with Crippen molar-refractivity contribution in [1.29, 1.82) is 0 Å². The van der Waals surface area contributed by atoms with E-state index in [9.17, 15) is 0 Å². The van der Waals surface area contributed by atoms with Crippen molar-refractivity contribution in [1.82, 2.24) is 0 Å². The number of para-hydroxylation sites is 1. The lowest BCUT2D eigenvalue weighted by molar-refractivity contribution is 0.303. The molecule has 0 unspecified atom stereocenters. The van der Waals surface area contributed by atoms with E-state index in [-0.39, 0.29) is 0 Å². The van der Waals surface area contributed by atoms with Crippen LogP contribution in [0.5, 0.6) is 5.75 Å². The van der Waals surface area contributed by atoms with E-state index in [2.05, 4.69) is 68.1 Å². The fourth-order valence-corrected chi connectivity index (χ4v) is 2.67. The molecule has 1 heteroatoms. The number of ether oxygens (including phenoxy) is 1. The van der Waals surface area contributed by atoms with Gasteiger partial charge in [-0.2, -0.15) is 0 Å². The predicted octanol–water partition coefficient (Wildman–Crippen LogP) is 5.97. The Morgan fingerprint density at radius 3 is 2.12 bits per heavy atom. The van der Waals surface area contributed by atoms with Crippen molar-refractivity contribution < 1.29 is 4.74 Å². The molecule has 120 valence electrons. The number of rotatable bonds is 6. The van der Waals surface area contributed by atoms with Crippen LogP contribution in [0.1, 0.15) is 16.7 Å². The van der Waals surface area contributed by atoms with Crippen LogP contribution in [0.4, 0.5) is 0 Å². The van der Waals surface area contributed by atoms with Crippen LogP contribution in [0.2, 0.25) is 0 Å². The average molecular weight is 314 g/mol. The van der Waals surface area contributed by atoms with E-state index in [1.54, 1.807) is 0 Å². The third-order valence-corrected chi connectivity index (χ3v) is 4.07. The minimum Gasteiger partial charge on any atom is -0.489 e. The number of hydrogen-bond acceptors (Lipinski definition) is 1. The van der Waals surface area contributed by atoms with Crippen molar-refractivity contribution in [3.63, 3.8) is 0 Å². The number of benzene rings is 3. The second kappa shape index (κ2) is 7.65. The van der Waals surface area contributed by atoms with E-state index in [0.29, 0.717) is 6.61 Å². The lowest BCUT2D eigenvalue weighted by Gasteiger charge is -2.11. The highest BCUT2D eigenvalue weighted by Crippen LogP contribution is 2.22. The van der Waals surface area contributed by atoms with Gasteiger partial charge in [-0.25, -0.2) is 0 Å². The Morgan fingerprint density at radius 2 is 1.46 bits per heavy atom. The Labute approximate surface area is 144 Å². The average Bonchev–Trinajstić information content (AvgIpc) is 2.62. The standard InChI is InChI=1S/C23H22O/c1-3-6-22-7-4-5-8-23(22)24-17-19-11-15-21(16-12-19)20-13-9-18(2)10-14-20/h3-5,7-16H,1,6,17H2,2H3. The van der Waals surface area contributed by atoms with Crippen LogP contribution in [-0.4, -0.2) is 0 Å². The Kier molecular flexibility index (Phi) is 5.12.